The van der Waals surface area contributed by atoms with E-state index in [0.29, 0.717) is 5.82 Å². The van der Waals surface area contributed by atoms with Gasteiger partial charge in [-0.05, 0) is 49.6 Å². The summed E-state index contributed by atoms with van der Waals surface area (Å²) < 4.78 is 59.1. The van der Waals surface area contributed by atoms with Gasteiger partial charge in [-0.2, -0.15) is 13.2 Å². The van der Waals surface area contributed by atoms with Gasteiger partial charge in [-0.25, -0.2) is 18.9 Å². The van der Waals surface area contributed by atoms with E-state index < -0.39 is 23.1 Å². The van der Waals surface area contributed by atoms with Crippen molar-refractivity contribution in [3.63, 3.8) is 0 Å². The summed E-state index contributed by atoms with van der Waals surface area (Å²) in [6.45, 7) is 14.4. The monoisotopic (exact) mass is 580 g/mol. The minimum absolute atomic E-state index is 0.0582. The number of halogens is 6. The van der Waals surface area contributed by atoms with E-state index in [1.807, 2.05) is 31.2 Å². The van der Waals surface area contributed by atoms with Crippen LogP contribution in [0.4, 0.5) is 23.4 Å². The summed E-state index contributed by atoms with van der Waals surface area (Å²) >= 11 is 13.3. The molecule has 206 valence electrons. The van der Waals surface area contributed by atoms with Crippen molar-refractivity contribution >= 4 is 46.8 Å². The van der Waals surface area contributed by atoms with Crippen LogP contribution in [0.2, 0.25) is 10.0 Å². The lowest BCUT2D eigenvalue weighted by Crippen LogP contribution is -2.20. The zero-order chi connectivity index (χ0) is 29.1. The van der Waals surface area contributed by atoms with Crippen LogP contribution in [0.3, 0.4) is 0 Å². The molecule has 0 amide bonds. The molecule has 0 aliphatic heterocycles. The van der Waals surface area contributed by atoms with E-state index in [9.17, 15) is 17.6 Å². The molecule has 4 rings (SSSR count). The third-order valence-electron chi connectivity index (χ3n) is 6.31. The van der Waals surface area contributed by atoms with Crippen molar-refractivity contribution in [2.75, 3.05) is 0 Å². The van der Waals surface area contributed by atoms with Crippen molar-refractivity contribution in [2.24, 2.45) is 0 Å². The van der Waals surface area contributed by atoms with E-state index >= 15 is 0 Å². The molecule has 0 radical (unpaired) electrons. The molecule has 4 aromatic rings. The maximum absolute atomic E-state index is 14.7. The highest BCUT2D eigenvalue weighted by Gasteiger charge is 2.41. The molecule has 0 spiro atoms. The standard InChI is InChI=1S/C28H28Cl2F4N5/c1-15-10-8-9-11-16(15)14-38(7)24-20-22(26(2,3)4)35-25(28(32,33)34)36-23(20)37-39(24)21-18(29)12-17(13-19(21)30)27(5,6)31/h8-13H,7,14H2,1-6H3/q+1. The minimum Gasteiger partial charge on any atom is -0.239 e. The predicted octanol–water partition coefficient (Wildman–Crippen LogP) is 8.50. The zero-order valence-corrected chi connectivity index (χ0v) is 23.9. The Morgan fingerprint density at radius 2 is 1.54 bits per heavy atom. The third kappa shape index (κ3) is 5.65. The Labute approximate surface area is 234 Å². The third-order valence-corrected chi connectivity index (χ3v) is 6.89. The molecule has 0 unspecified atom stereocenters. The summed E-state index contributed by atoms with van der Waals surface area (Å²) in [6.07, 6.45) is -4.80. The highest BCUT2D eigenvalue weighted by molar-refractivity contribution is 6.38. The van der Waals surface area contributed by atoms with Crippen LogP contribution in [0, 0.1) is 6.92 Å². The van der Waals surface area contributed by atoms with Gasteiger partial charge in [0.1, 0.15) is 17.6 Å². The van der Waals surface area contributed by atoms with Gasteiger partial charge in [0.05, 0.1) is 22.5 Å². The van der Waals surface area contributed by atoms with Gasteiger partial charge in [0.25, 0.3) is 0 Å². The van der Waals surface area contributed by atoms with E-state index in [4.69, 9.17) is 23.2 Å². The van der Waals surface area contributed by atoms with Gasteiger partial charge < -0.3 is 0 Å². The smallest absolute Gasteiger partial charge is 0.239 e. The molecule has 39 heavy (non-hydrogen) atoms. The van der Waals surface area contributed by atoms with Crippen molar-refractivity contribution in [1.29, 1.82) is 0 Å². The number of nitrogens with zero attached hydrogens (tertiary/aromatic N) is 5. The molecule has 2 heterocycles. The molecule has 0 aliphatic carbocycles. The first-order chi connectivity index (χ1) is 17.9. The average molecular weight is 581 g/mol. The molecule has 5 nitrogen and oxygen atoms in total. The second kappa shape index (κ2) is 9.86. The number of hydrogen-bond acceptors (Lipinski definition) is 3. The fraction of sp³-hybridized carbons (Fsp3) is 0.357. The number of hydrogen-bond donors (Lipinski definition) is 0. The molecule has 0 fully saturated rings. The van der Waals surface area contributed by atoms with E-state index in [0.717, 1.165) is 11.1 Å². The first kappa shape index (κ1) is 29.0. The van der Waals surface area contributed by atoms with Gasteiger partial charge in [0, 0.05) is 5.41 Å². The number of alkyl halides is 4. The lowest BCUT2D eigenvalue weighted by Gasteiger charge is -2.20. The highest BCUT2D eigenvalue weighted by atomic mass is 35.5. The summed E-state index contributed by atoms with van der Waals surface area (Å²) in [6, 6.07) is 10.5. The van der Waals surface area contributed by atoms with Gasteiger partial charge in [0.2, 0.25) is 11.5 Å². The van der Waals surface area contributed by atoms with Gasteiger partial charge in [-0.1, -0.05) is 78.0 Å². The topological polar surface area (TPSA) is 46.6 Å². The van der Waals surface area contributed by atoms with Crippen LogP contribution < -0.4 is 0 Å². The fourth-order valence-electron chi connectivity index (χ4n) is 4.27. The molecule has 0 saturated carbocycles. The van der Waals surface area contributed by atoms with Crippen molar-refractivity contribution in [3.8, 4) is 5.69 Å². The lowest BCUT2D eigenvalue weighted by atomic mass is 9.89. The molecule has 2 aromatic carbocycles. The SMILES string of the molecule is C=[N+](Cc1ccccc1C)c1c2c(C(C)(C)C)nc(C(F)(F)F)nc2nn1-c1c(Cl)cc(C(C)(C)F)cc1Cl. The average Bonchev–Trinajstić information content (AvgIpc) is 3.16. The summed E-state index contributed by atoms with van der Waals surface area (Å²) in [5.41, 5.74) is -0.302. The summed E-state index contributed by atoms with van der Waals surface area (Å²) in [5.74, 6) is -1.01. The Balaban J connectivity index is 2.11. The summed E-state index contributed by atoms with van der Waals surface area (Å²) in [5, 5.41) is 4.85. The molecule has 0 bridgehead atoms. The number of rotatable bonds is 5. The Morgan fingerprint density at radius 1 is 0.949 bits per heavy atom. The molecule has 11 heteroatoms. The van der Waals surface area contributed by atoms with Crippen LogP contribution in [-0.4, -0.2) is 31.0 Å². The molecular formula is C28H28Cl2F4N5+. The van der Waals surface area contributed by atoms with Gasteiger partial charge in [-0.15, -0.1) is 0 Å². The number of aryl methyl sites for hydroxylation is 1. The van der Waals surface area contributed by atoms with Crippen molar-refractivity contribution in [2.45, 2.75) is 65.3 Å². The molecule has 0 saturated heterocycles. The maximum Gasteiger partial charge on any atom is 0.451 e. The maximum atomic E-state index is 14.7. The number of aromatic nitrogens is 4. The molecular weight excluding hydrogens is 553 g/mol. The predicted molar refractivity (Wildman–Crippen MR) is 146 cm³/mol. The first-order valence-electron chi connectivity index (χ1n) is 12.1. The Hall–Kier alpha value is -3.04. The summed E-state index contributed by atoms with van der Waals surface area (Å²) in [4.78, 5) is 7.73. The highest BCUT2D eigenvalue weighted by Crippen LogP contribution is 2.42. The van der Waals surface area contributed by atoms with Crippen molar-refractivity contribution in [1.82, 2.24) is 19.7 Å². The van der Waals surface area contributed by atoms with Crippen LogP contribution in [0.25, 0.3) is 16.7 Å². The van der Waals surface area contributed by atoms with Crippen LogP contribution in [-0.2, 0) is 23.8 Å². The molecule has 0 atom stereocenters. The van der Waals surface area contributed by atoms with E-state index in [2.05, 4.69) is 21.8 Å². The second-order valence-corrected chi connectivity index (χ2v) is 11.8. The van der Waals surface area contributed by atoms with Crippen molar-refractivity contribution < 1.29 is 22.1 Å². The van der Waals surface area contributed by atoms with Crippen LogP contribution in [0.5, 0.6) is 0 Å². The quantitative estimate of drug-likeness (QED) is 0.135. The van der Waals surface area contributed by atoms with E-state index in [1.54, 1.807) is 25.3 Å². The summed E-state index contributed by atoms with van der Waals surface area (Å²) in [7, 11) is 0. The first-order valence-corrected chi connectivity index (χ1v) is 12.8. The van der Waals surface area contributed by atoms with E-state index in [-0.39, 0.29) is 44.6 Å². The van der Waals surface area contributed by atoms with Gasteiger partial charge >= 0.3 is 12.0 Å². The molecule has 2 aromatic heterocycles. The van der Waals surface area contributed by atoms with Crippen LogP contribution >= 0.6 is 23.2 Å². The Morgan fingerprint density at radius 3 is 2.05 bits per heavy atom. The van der Waals surface area contributed by atoms with Crippen molar-refractivity contribution in [3.05, 3.63) is 74.7 Å². The Kier molecular flexibility index (Phi) is 7.32. The molecule has 0 N–H and O–H groups in total. The second-order valence-electron chi connectivity index (χ2n) is 11.0. The Bertz CT molecular complexity index is 1570. The minimum atomic E-state index is -4.80. The van der Waals surface area contributed by atoms with Gasteiger partial charge in [0.15, 0.2) is 5.69 Å². The van der Waals surface area contributed by atoms with Crippen LogP contribution in [0.1, 0.15) is 62.8 Å². The van der Waals surface area contributed by atoms with Gasteiger partial charge in [-0.3, -0.25) is 0 Å². The number of fused-ring (bicyclic) bond motifs is 1. The lowest BCUT2D eigenvalue weighted by molar-refractivity contribution is -0.452. The normalized spacial score (nSPS) is 12.8. The fourth-order valence-corrected chi connectivity index (χ4v) is 4.92. The molecule has 0 aliphatic rings. The number of benzene rings is 2. The zero-order valence-electron chi connectivity index (χ0n) is 22.4. The van der Waals surface area contributed by atoms with Crippen LogP contribution in [0.15, 0.2) is 36.4 Å². The van der Waals surface area contributed by atoms with E-state index in [1.165, 1.54) is 30.7 Å². The largest absolute Gasteiger partial charge is 0.451 e.